The molecule has 15 heavy (non-hydrogen) atoms. The lowest BCUT2D eigenvalue weighted by atomic mass is 10.1. The van der Waals surface area contributed by atoms with Crippen LogP contribution in [-0.2, 0) is 11.2 Å². The van der Waals surface area contributed by atoms with Crippen LogP contribution in [0, 0.1) is 5.82 Å². The van der Waals surface area contributed by atoms with Gasteiger partial charge in [0.1, 0.15) is 5.82 Å². The minimum Gasteiger partial charge on any atom is -0.390 e. The molecule has 0 aromatic heterocycles. The van der Waals surface area contributed by atoms with Crippen molar-refractivity contribution in [1.82, 2.24) is 0 Å². The van der Waals surface area contributed by atoms with E-state index in [-0.39, 0.29) is 13.0 Å². The highest BCUT2D eigenvalue weighted by Crippen LogP contribution is 2.16. The van der Waals surface area contributed by atoms with Gasteiger partial charge in [-0.1, -0.05) is 17.7 Å². The molecule has 0 saturated carbocycles. The zero-order valence-electron chi connectivity index (χ0n) is 8.54. The van der Waals surface area contributed by atoms with Gasteiger partial charge in [-0.05, 0) is 24.6 Å². The van der Waals surface area contributed by atoms with Crippen LogP contribution in [-0.4, -0.2) is 24.4 Å². The van der Waals surface area contributed by atoms with Gasteiger partial charge < -0.3 is 9.84 Å². The molecule has 1 rings (SSSR count). The standard InChI is InChI=1S/C11H14ClFO2/c1-2-15-7-10(14)5-8-3-4-9(12)6-11(8)13/h3-4,6,10,14H,2,5,7H2,1H3. The topological polar surface area (TPSA) is 29.5 Å². The maximum Gasteiger partial charge on any atom is 0.127 e. The van der Waals surface area contributed by atoms with Gasteiger partial charge in [-0.3, -0.25) is 0 Å². The molecule has 0 saturated heterocycles. The van der Waals surface area contributed by atoms with Crippen LogP contribution >= 0.6 is 11.6 Å². The van der Waals surface area contributed by atoms with Gasteiger partial charge >= 0.3 is 0 Å². The molecule has 0 spiro atoms. The number of aliphatic hydroxyl groups is 1. The Kier molecular flexibility index (Phi) is 5.02. The van der Waals surface area contributed by atoms with E-state index in [0.29, 0.717) is 17.2 Å². The molecule has 1 aromatic rings. The average molecular weight is 233 g/mol. The quantitative estimate of drug-likeness (QED) is 0.845. The van der Waals surface area contributed by atoms with Gasteiger partial charge in [-0.25, -0.2) is 4.39 Å². The summed E-state index contributed by atoms with van der Waals surface area (Å²) >= 11 is 5.61. The second kappa shape index (κ2) is 6.05. The molecule has 1 unspecified atom stereocenters. The van der Waals surface area contributed by atoms with Crippen molar-refractivity contribution in [2.45, 2.75) is 19.4 Å². The third-order valence-corrected chi connectivity index (χ3v) is 2.22. The monoisotopic (exact) mass is 232 g/mol. The molecule has 0 fully saturated rings. The summed E-state index contributed by atoms with van der Waals surface area (Å²) in [6, 6.07) is 4.42. The number of hydrogen-bond acceptors (Lipinski definition) is 2. The molecule has 0 aliphatic rings. The van der Waals surface area contributed by atoms with Crippen molar-refractivity contribution in [1.29, 1.82) is 0 Å². The molecule has 1 aromatic carbocycles. The van der Waals surface area contributed by atoms with E-state index >= 15 is 0 Å². The Morgan fingerprint density at radius 3 is 2.87 bits per heavy atom. The number of ether oxygens (including phenoxy) is 1. The fourth-order valence-electron chi connectivity index (χ4n) is 1.25. The lowest BCUT2D eigenvalue weighted by Crippen LogP contribution is -2.18. The van der Waals surface area contributed by atoms with Crippen LogP contribution in [0.1, 0.15) is 12.5 Å². The van der Waals surface area contributed by atoms with Gasteiger partial charge in [-0.15, -0.1) is 0 Å². The van der Waals surface area contributed by atoms with E-state index in [0.717, 1.165) is 0 Å². The molecule has 1 N–H and O–H groups in total. The normalized spacial score (nSPS) is 12.8. The molecule has 4 heteroatoms. The Morgan fingerprint density at radius 1 is 1.53 bits per heavy atom. The third-order valence-electron chi connectivity index (χ3n) is 1.99. The van der Waals surface area contributed by atoms with Crippen LogP contribution in [0.25, 0.3) is 0 Å². The van der Waals surface area contributed by atoms with E-state index in [9.17, 15) is 9.50 Å². The summed E-state index contributed by atoms with van der Waals surface area (Å²) in [4.78, 5) is 0. The molecule has 0 heterocycles. The zero-order valence-corrected chi connectivity index (χ0v) is 9.30. The predicted octanol–water partition coefficient (Wildman–Crippen LogP) is 2.42. The highest BCUT2D eigenvalue weighted by molar-refractivity contribution is 6.30. The molecular weight excluding hydrogens is 219 g/mol. The number of benzene rings is 1. The fourth-order valence-corrected chi connectivity index (χ4v) is 1.41. The van der Waals surface area contributed by atoms with Gasteiger partial charge in [0.05, 0.1) is 12.7 Å². The Morgan fingerprint density at radius 2 is 2.27 bits per heavy atom. The van der Waals surface area contributed by atoms with Gasteiger partial charge in [-0.2, -0.15) is 0 Å². The van der Waals surface area contributed by atoms with Crippen molar-refractivity contribution >= 4 is 11.6 Å². The second-order valence-corrected chi connectivity index (χ2v) is 3.69. The van der Waals surface area contributed by atoms with Crippen molar-refractivity contribution in [3.8, 4) is 0 Å². The lowest BCUT2D eigenvalue weighted by molar-refractivity contribution is 0.0426. The summed E-state index contributed by atoms with van der Waals surface area (Å²) in [5, 5.41) is 9.86. The first-order chi connectivity index (χ1) is 7.13. The molecule has 0 bridgehead atoms. The fraction of sp³-hybridized carbons (Fsp3) is 0.455. The summed E-state index contributed by atoms with van der Waals surface area (Å²) < 4.78 is 18.3. The van der Waals surface area contributed by atoms with Crippen LogP contribution in [0.5, 0.6) is 0 Å². The van der Waals surface area contributed by atoms with E-state index < -0.39 is 11.9 Å². The molecule has 84 valence electrons. The maximum atomic E-state index is 13.3. The van der Waals surface area contributed by atoms with Crippen molar-refractivity contribution < 1.29 is 14.2 Å². The molecule has 0 radical (unpaired) electrons. The van der Waals surface area contributed by atoms with Crippen LogP contribution in [0.3, 0.4) is 0 Å². The minimum atomic E-state index is -0.680. The largest absolute Gasteiger partial charge is 0.390 e. The number of rotatable bonds is 5. The predicted molar refractivity (Wildman–Crippen MR) is 57.6 cm³/mol. The number of halogens is 2. The van der Waals surface area contributed by atoms with Gasteiger partial charge in [0, 0.05) is 18.1 Å². The molecule has 0 aliphatic heterocycles. The molecule has 0 amide bonds. The average Bonchev–Trinajstić information content (AvgIpc) is 2.19. The second-order valence-electron chi connectivity index (χ2n) is 3.25. The third kappa shape index (κ3) is 4.16. The van der Waals surface area contributed by atoms with Gasteiger partial charge in [0.25, 0.3) is 0 Å². The van der Waals surface area contributed by atoms with Crippen LogP contribution in [0.2, 0.25) is 5.02 Å². The Balaban J connectivity index is 2.56. The Labute approximate surface area is 93.6 Å². The van der Waals surface area contributed by atoms with Crippen LogP contribution in [0.4, 0.5) is 4.39 Å². The van der Waals surface area contributed by atoms with E-state index in [2.05, 4.69) is 0 Å². The number of aliphatic hydroxyl groups excluding tert-OH is 1. The first-order valence-corrected chi connectivity index (χ1v) is 5.21. The summed E-state index contributed by atoms with van der Waals surface area (Å²) in [6.07, 6.45) is -0.441. The van der Waals surface area contributed by atoms with Gasteiger partial charge in [0.15, 0.2) is 0 Å². The van der Waals surface area contributed by atoms with Crippen molar-refractivity contribution in [2.75, 3.05) is 13.2 Å². The maximum absolute atomic E-state index is 13.3. The highest BCUT2D eigenvalue weighted by atomic mass is 35.5. The Bertz CT molecular complexity index is 317. The van der Waals surface area contributed by atoms with Crippen LogP contribution < -0.4 is 0 Å². The zero-order chi connectivity index (χ0) is 11.3. The van der Waals surface area contributed by atoms with Crippen molar-refractivity contribution in [3.63, 3.8) is 0 Å². The van der Waals surface area contributed by atoms with Crippen molar-refractivity contribution in [2.24, 2.45) is 0 Å². The van der Waals surface area contributed by atoms with E-state index in [1.54, 1.807) is 12.1 Å². The molecule has 1 atom stereocenters. The van der Waals surface area contributed by atoms with Gasteiger partial charge in [0.2, 0.25) is 0 Å². The van der Waals surface area contributed by atoms with E-state index in [1.807, 2.05) is 6.92 Å². The molecular formula is C11H14ClFO2. The summed E-state index contributed by atoms with van der Waals surface area (Å²) in [5.74, 6) is -0.391. The summed E-state index contributed by atoms with van der Waals surface area (Å²) in [6.45, 7) is 2.61. The SMILES string of the molecule is CCOCC(O)Cc1ccc(Cl)cc1F. The Hall–Kier alpha value is -0.640. The summed E-state index contributed by atoms with van der Waals surface area (Å²) in [7, 11) is 0. The molecule has 0 aliphatic carbocycles. The molecule has 2 nitrogen and oxygen atoms in total. The highest BCUT2D eigenvalue weighted by Gasteiger charge is 2.09. The smallest absolute Gasteiger partial charge is 0.127 e. The van der Waals surface area contributed by atoms with E-state index in [4.69, 9.17) is 16.3 Å². The first kappa shape index (κ1) is 12.4. The minimum absolute atomic E-state index is 0.221. The lowest BCUT2D eigenvalue weighted by Gasteiger charge is -2.11. The van der Waals surface area contributed by atoms with Crippen LogP contribution in [0.15, 0.2) is 18.2 Å². The number of hydrogen-bond donors (Lipinski definition) is 1. The first-order valence-electron chi connectivity index (χ1n) is 4.83. The van der Waals surface area contributed by atoms with Crippen molar-refractivity contribution in [3.05, 3.63) is 34.6 Å². The summed E-state index contributed by atoms with van der Waals surface area (Å²) in [5.41, 5.74) is 0.451. The van der Waals surface area contributed by atoms with E-state index in [1.165, 1.54) is 6.07 Å².